The van der Waals surface area contributed by atoms with E-state index in [9.17, 15) is 0 Å². The van der Waals surface area contributed by atoms with Crippen molar-refractivity contribution < 1.29 is 11.2 Å². The number of hydrogen-bond acceptors (Lipinski definition) is 2. The first-order chi connectivity index (χ1) is 1.41. The molecule has 0 aliphatic heterocycles. The van der Waals surface area contributed by atoms with Crippen LogP contribution in [0, 0.1) is 0 Å². The van der Waals surface area contributed by atoms with E-state index in [1.165, 1.54) is 0 Å². The van der Waals surface area contributed by atoms with E-state index in [1.807, 2.05) is 0 Å². The van der Waals surface area contributed by atoms with Crippen molar-refractivity contribution in [2.75, 3.05) is 0 Å². The SMILES string of the molecule is N.N.[I][Pt][I]. The zero-order valence-corrected chi connectivity index (χ0v) is 9.07. The van der Waals surface area contributed by atoms with Crippen molar-refractivity contribution in [1.29, 1.82) is 0 Å². The first kappa shape index (κ1) is 15.7. The van der Waals surface area contributed by atoms with E-state index < -0.39 is 0 Å². The van der Waals surface area contributed by atoms with Gasteiger partial charge in [-0.25, -0.2) is 0 Å². The van der Waals surface area contributed by atoms with Crippen LogP contribution in [-0.2, 0) is 11.2 Å². The Morgan fingerprint density at radius 2 is 1.00 bits per heavy atom. The fourth-order valence-corrected chi connectivity index (χ4v) is 0. The van der Waals surface area contributed by atoms with Crippen molar-refractivity contribution in [3.63, 3.8) is 0 Å². The van der Waals surface area contributed by atoms with Gasteiger partial charge in [0.05, 0.1) is 0 Å². The third-order valence-corrected chi connectivity index (χ3v) is 0. The van der Waals surface area contributed by atoms with E-state index in [4.69, 9.17) is 0 Å². The third kappa shape index (κ3) is 23.5. The Hall–Kier alpha value is 2.07. The van der Waals surface area contributed by atoms with Crippen LogP contribution in [0.1, 0.15) is 0 Å². The maximum atomic E-state index is 2.39. The summed E-state index contributed by atoms with van der Waals surface area (Å²) in [5, 5.41) is 0. The molecule has 5 heavy (non-hydrogen) atoms. The van der Waals surface area contributed by atoms with Crippen LogP contribution in [0.4, 0.5) is 0 Å². The fourth-order valence-electron chi connectivity index (χ4n) is 0. The van der Waals surface area contributed by atoms with E-state index in [0.29, 0.717) is 11.2 Å². The van der Waals surface area contributed by atoms with E-state index in [1.54, 1.807) is 0 Å². The summed E-state index contributed by atoms with van der Waals surface area (Å²) in [7, 11) is 0. The topological polar surface area (TPSA) is 70.0 Å². The summed E-state index contributed by atoms with van der Waals surface area (Å²) in [6, 6.07) is 0. The number of rotatable bonds is 0. The Morgan fingerprint density at radius 1 is 1.00 bits per heavy atom. The molecule has 0 fully saturated rings. The Kier molecular flexibility index (Phi) is 52.1. The molecule has 0 rings (SSSR count). The molecule has 0 atom stereocenters. The zero-order valence-electron chi connectivity index (χ0n) is 2.49. The zero-order chi connectivity index (χ0) is 2.71. The van der Waals surface area contributed by atoms with Crippen molar-refractivity contribution in [2.45, 2.75) is 0 Å². The summed E-state index contributed by atoms with van der Waals surface area (Å²) in [5.74, 6) is 0. The molecule has 40 valence electrons. The second kappa shape index (κ2) is 16.6. The molecular weight excluding hydrogens is 477 g/mol. The summed E-state index contributed by atoms with van der Waals surface area (Å²) in [5.41, 5.74) is 0. The molecular formula is H6I2N2Pt. The second-order valence-corrected chi connectivity index (χ2v) is 16.6. The molecule has 0 spiro atoms. The van der Waals surface area contributed by atoms with Crippen LogP contribution >= 0.6 is 38.7 Å². The van der Waals surface area contributed by atoms with Gasteiger partial charge in [-0.3, -0.25) is 0 Å². The van der Waals surface area contributed by atoms with Crippen LogP contribution in [0.3, 0.4) is 0 Å². The predicted octanol–water partition coefficient (Wildman–Crippen LogP) is 2.09. The van der Waals surface area contributed by atoms with E-state index >= 15 is 0 Å². The minimum atomic E-state index is 0. The molecule has 6 N–H and O–H groups in total. The first-order valence-corrected chi connectivity index (χ1v) is 13.1. The first-order valence-electron chi connectivity index (χ1n) is 0.239. The molecule has 0 bridgehead atoms. The van der Waals surface area contributed by atoms with Gasteiger partial charge < -0.3 is 12.3 Å². The molecule has 0 heterocycles. The molecule has 0 aliphatic rings. The molecule has 5 heteroatoms. The molecule has 0 aromatic heterocycles. The Labute approximate surface area is 61.2 Å². The monoisotopic (exact) mass is 483 g/mol. The van der Waals surface area contributed by atoms with Gasteiger partial charge in [0, 0.05) is 0 Å². The summed E-state index contributed by atoms with van der Waals surface area (Å²) in [6.07, 6.45) is 0. The summed E-state index contributed by atoms with van der Waals surface area (Å²) >= 11 is 5.30. The van der Waals surface area contributed by atoms with Gasteiger partial charge in [-0.15, -0.1) is 0 Å². The average Bonchev–Trinajstić information content (AvgIpc) is 0.918. The van der Waals surface area contributed by atoms with Crippen molar-refractivity contribution in [1.82, 2.24) is 12.3 Å². The minimum absolute atomic E-state index is 0. The predicted molar refractivity (Wildman–Crippen MR) is 38.1 cm³/mol. The standard InChI is InChI=1S/2HI.2H3N.Pt/h2*1H;2*1H3;/q;;;;+2/p-2. The molecule has 0 aliphatic carbocycles. The average molecular weight is 483 g/mol. The van der Waals surface area contributed by atoms with Crippen LogP contribution in [0.2, 0.25) is 0 Å². The van der Waals surface area contributed by atoms with Gasteiger partial charge in [-0.1, -0.05) is 0 Å². The Morgan fingerprint density at radius 3 is 1.00 bits per heavy atom. The molecule has 0 radical (unpaired) electrons. The van der Waals surface area contributed by atoms with Gasteiger partial charge in [0.25, 0.3) is 0 Å². The van der Waals surface area contributed by atoms with Gasteiger partial charge in [0.1, 0.15) is 0 Å². The Bertz CT molecular complexity index is 7.61. The summed E-state index contributed by atoms with van der Waals surface area (Å²) in [6.45, 7) is 0. The molecule has 0 unspecified atom stereocenters. The van der Waals surface area contributed by atoms with Gasteiger partial charge in [0.15, 0.2) is 0 Å². The van der Waals surface area contributed by atoms with Gasteiger partial charge >= 0.3 is 49.9 Å². The van der Waals surface area contributed by atoms with Crippen LogP contribution in [0.15, 0.2) is 0 Å². The number of hydrogen-bond donors (Lipinski definition) is 2. The third-order valence-electron chi connectivity index (χ3n) is 0. The number of halogens is 2. The van der Waals surface area contributed by atoms with Gasteiger partial charge in [0.2, 0.25) is 0 Å². The van der Waals surface area contributed by atoms with Crippen molar-refractivity contribution in [3.05, 3.63) is 0 Å². The molecule has 0 saturated heterocycles. The molecule has 2 nitrogen and oxygen atoms in total. The maximum absolute atomic E-state index is 2.39. The van der Waals surface area contributed by atoms with E-state index in [-0.39, 0.29) is 12.3 Å². The fraction of sp³-hybridized carbons (Fsp3) is 0. The quantitative estimate of drug-likeness (QED) is 0.519. The molecule has 0 aromatic rings. The normalized spacial score (nSPS) is 4.40. The van der Waals surface area contributed by atoms with Crippen molar-refractivity contribution >= 4 is 38.7 Å². The van der Waals surface area contributed by atoms with Crippen LogP contribution in [-0.4, -0.2) is 0 Å². The van der Waals surface area contributed by atoms with E-state index in [2.05, 4.69) is 38.7 Å². The van der Waals surface area contributed by atoms with E-state index in [0.717, 1.165) is 0 Å². The van der Waals surface area contributed by atoms with Gasteiger partial charge in [-0.05, 0) is 0 Å². The summed E-state index contributed by atoms with van der Waals surface area (Å²) < 4.78 is 0. The van der Waals surface area contributed by atoms with Gasteiger partial charge in [-0.2, -0.15) is 0 Å². The molecule has 0 amide bonds. The Balaban J connectivity index is -0.0000000200. The van der Waals surface area contributed by atoms with Crippen LogP contribution in [0.5, 0.6) is 0 Å². The molecule has 0 saturated carbocycles. The van der Waals surface area contributed by atoms with Crippen LogP contribution in [0.25, 0.3) is 0 Å². The summed E-state index contributed by atoms with van der Waals surface area (Å²) in [4.78, 5) is 0. The van der Waals surface area contributed by atoms with Crippen LogP contribution < -0.4 is 12.3 Å². The van der Waals surface area contributed by atoms with Crippen molar-refractivity contribution in [3.8, 4) is 0 Å². The van der Waals surface area contributed by atoms with Crippen molar-refractivity contribution in [2.24, 2.45) is 0 Å². The second-order valence-electron chi connectivity index (χ2n) is 0.0452. The molecule has 0 aromatic carbocycles.